The number of aromatic nitrogens is 1. The Morgan fingerprint density at radius 1 is 1.26 bits per heavy atom. The van der Waals surface area contributed by atoms with Crippen molar-refractivity contribution in [3.8, 4) is 0 Å². The Morgan fingerprint density at radius 3 is 2.74 bits per heavy atom. The molecule has 1 fully saturated rings. The van der Waals surface area contributed by atoms with Crippen LogP contribution in [0.2, 0.25) is 0 Å². The van der Waals surface area contributed by atoms with Crippen molar-refractivity contribution < 1.29 is 9.59 Å². The Kier molecular flexibility index (Phi) is 6.84. The van der Waals surface area contributed by atoms with E-state index >= 15 is 0 Å². The van der Waals surface area contributed by atoms with Crippen LogP contribution in [-0.4, -0.2) is 29.5 Å². The number of urea groups is 1. The van der Waals surface area contributed by atoms with Gasteiger partial charge in [0.05, 0.1) is 11.7 Å². The minimum absolute atomic E-state index is 0.0962. The molecule has 0 spiro atoms. The van der Waals surface area contributed by atoms with Crippen LogP contribution in [0.25, 0.3) is 0 Å². The van der Waals surface area contributed by atoms with Gasteiger partial charge in [-0.3, -0.25) is 9.78 Å². The van der Waals surface area contributed by atoms with E-state index in [9.17, 15) is 9.59 Å². The number of rotatable bonds is 6. The van der Waals surface area contributed by atoms with E-state index in [1.54, 1.807) is 6.20 Å². The lowest BCUT2D eigenvalue weighted by Crippen LogP contribution is -2.43. The van der Waals surface area contributed by atoms with Crippen molar-refractivity contribution in [3.05, 3.63) is 30.1 Å². The van der Waals surface area contributed by atoms with Gasteiger partial charge in [-0.05, 0) is 31.9 Å². The van der Waals surface area contributed by atoms with Gasteiger partial charge in [0.25, 0.3) is 0 Å². The summed E-state index contributed by atoms with van der Waals surface area (Å²) < 4.78 is 0. The maximum Gasteiger partial charge on any atom is 0.315 e. The van der Waals surface area contributed by atoms with E-state index in [0.717, 1.165) is 18.5 Å². The van der Waals surface area contributed by atoms with E-state index in [4.69, 9.17) is 0 Å². The summed E-state index contributed by atoms with van der Waals surface area (Å²) in [5.41, 5.74) is 0.823. The standard InChI is InChI=1S/C17H26N4O2/c1-13(15-9-5-6-11-18-15)20-16(22)10-12-19-17(23)21-14-7-3-2-4-8-14/h5-6,9,11,13-14H,2-4,7-8,10,12H2,1H3,(H,20,22)(H2,19,21,23)/t13-/m1/s1. The van der Waals surface area contributed by atoms with Gasteiger partial charge in [0.2, 0.25) is 5.91 Å². The molecule has 0 unspecified atom stereocenters. The molecule has 6 heteroatoms. The maximum absolute atomic E-state index is 11.9. The molecule has 0 saturated heterocycles. The van der Waals surface area contributed by atoms with Crippen LogP contribution in [0.4, 0.5) is 4.79 Å². The molecule has 6 nitrogen and oxygen atoms in total. The van der Waals surface area contributed by atoms with E-state index in [2.05, 4.69) is 20.9 Å². The summed E-state index contributed by atoms with van der Waals surface area (Å²) in [6, 6.07) is 5.57. The normalized spacial score (nSPS) is 16.4. The van der Waals surface area contributed by atoms with Gasteiger partial charge in [-0.25, -0.2) is 4.79 Å². The third-order valence-electron chi connectivity index (χ3n) is 4.09. The van der Waals surface area contributed by atoms with Crippen molar-refractivity contribution >= 4 is 11.9 Å². The molecule has 0 aromatic carbocycles. The van der Waals surface area contributed by atoms with Crippen LogP contribution in [0.1, 0.15) is 57.2 Å². The largest absolute Gasteiger partial charge is 0.348 e. The molecule has 3 amide bonds. The van der Waals surface area contributed by atoms with Gasteiger partial charge >= 0.3 is 6.03 Å². The highest BCUT2D eigenvalue weighted by Gasteiger charge is 2.15. The molecule has 0 aliphatic heterocycles. The first-order valence-electron chi connectivity index (χ1n) is 8.40. The van der Waals surface area contributed by atoms with E-state index < -0.39 is 0 Å². The van der Waals surface area contributed by atoms with Crippen LogP contribution in [0.15, 0.2) is 24.4 Å². The van der Waals surface area contributed by atoms with E-state index in [1.165, 1.54) is 19.3 Å². The van der Waals surface area contributed by atoms with Gasteiger partial charge < -0.3 is 16.0 Å². The van der Waals surface area contributed by atoms with Gasteiger partial charge in [0.1, 0.15) is 0 Å². The maximum atomic E-state index is 11.9. The third-order valence-corrected chi connectivity index (χ3v) is 4.09. The van der Waals surface area contributed by atoms with Crippen molar-refractivity contribution in [3.63, 3.8) is 0 Å². The summed E-state index contributed by atoms with van der Waals surface area (Å²) in [4.78, 5) is 27.9. The molecule has 1 aliphatic rings. The van der Waals surface area contributed by atoms with Crippen LogP contribution in [0, 0.1) is 0 Å². The van der Waals surface area contributed by atoms with Crippen molar-refractivity contribution in [2.45, 2.75) is 57.5 Å². The van der Waals surface area contributed by atoms with Crippen molar-refractivity contribution in [1.82, 2.24) is 20.9 Å². The highest BCUT2D eigenvalue weighted by molar-refractivity contribution is 5.78. The van der Waals surface area contributed by atoms with E-state index in [1.807, 2.05) is 25.1 Å². The van der Waals surface area contributed by atoms with E-state index in [-0.39, 0.29) is 30.4 Å². The van der Waals surface area contributed by atoms with Gasteiger partial charge in [-0.15, -0.1) is 0 Å². The second-order valence-electron chi connectivity index (χ2n) is 6.03. The van der Waals surface area contributed by atoms with Crippen molar-refractivity contribution in [1.29, 1.82) is 0 Å². The molecule has 0 bridgehead atoms. The number of carbonyl (C=O) groups is 2. The highest BCUT2D eigenvalue weighted by Crippen LogP contribution is 2.17. The average molecular weight is 318 g/mol. The third kappa shape index (κ3) is 6.26. The molecule has 2 rings (SSSR count). The number of amides is 3. The van der Waals surface area contributed by atoms with Crippen LogP contribution in [-0.2, 0) is 4.79 Å². The van der Waals surface area contributed by atoms with E-state index in [0.29, 0.717) is 6.54 Å². The summed E-state index contributed by atoms with van der Waals surface area (Å²) in [5.74, 6) is -0.0962. The van der Waals surface area contributed by atoms with Crippen molar-refractivity contribution in [2.75, 3.05) is 6.54 Å². The summed E-state index contributed by atoms with van der Waals surface area (Å²) in [5, 5.41) is 8.59. The number of hydrogen-bond acceptors (Lipinski definition) is 3. The van der Waals surface area contributed by atoms with Gasteiger partial charge in [-0.2, -0.15) is 0 Å². The molecule has 3 N–H and O–H groups in total. The van der Waals surface area contributed by atoms with Crippen LogP contribution in [0.3, 0.4) is 0 Å². The monoisotopic (exact) mass is 318 g/mol. The number of nitrogens with one attached hydrogen (secondary N) is 3. The first-order valence-corrected chi connectivity index (χ1v) is 8.40. The summed E-state index contributed by atoms with van der Waals surface area (Å²) in [6.07, 6.45) is 7.68. The lowest BCUT2D eigenvalue weighted by molar-refractivity contribution is -0.121. The van der Waals surface area contributed by atoms with Crippen LogP contribution >= 0.6 is 0 Å². The van der Waals surface area contributed by atoms with Crippen LogP contribution < -0.4 is 16.0 Å². The van der Waals surface area contributed by atoms with Gasteiger partial charge in [-0.1, -0.05) is 25.3 Å². The Balaban J connectivity index is 1.61. The lowest BCUT2D eigenvalue weighted by atomic mass is 9.96. The first kappa shape index (κ1) is 17.2. The molecule has 126 valence electrons. The second-order valence-corrected chi connectivity index (χ2v) is 6.03. The second kappa shape index (κ2) is 9.12. The Labute approximate surface area is 137 Å². The molecule has 1 atom stereocenters. The highest BCUT2D eigenvalue weighted by atomic mass is 16.2. The predicted molar refractivity (Wildman–Crippen MR) is 88.8 cm³/mol. The number of pyridine rings is 1. The SMILES string of the molecule is C[C@@H](NC(=O)CCNC(=O)NC1CCCCC1)c1ccccn1. The number of hydrogen-bond donors (Lipinski definition) is 3. The minimum atomic E-state index is -0.178. The fourth-order valence-corrected chi connectivity index (χ4v) is 2.79. The molecular formula is C17H26N4O2. The fraction of sp³-hybridized carbons (Fsp3) is 0.588. The smallest absolute Gasteiger partial charge is 0.315 e. The van der Waals surface area contributed by atoms with Crippen molar-refractivity contribution in [2.24, 2.45) is 0 Å². The van der Waals surface area contributed by atoms with Crippen LogP contribution in [0.5, 0.6) is 0 Å². The number of carbonyl (C=O) groups excluding carboxylic acids is 2. The minimum Gasteiger partial charge on any atom is -0.348 e. The molecule has 23 heavy (non-hydrogen) atoms. The van der Waals surface area contributed by atoms with Gasteiger partial charge in [0.15, 0.2) is 0 Å². The summed E-state index contributed by atoms with van der Waals surface area (Å²) in [7, 11) is 0. The Morgan fingerprint density at radius 2 is 2.04 bits per heavy atom. The molecule has 0 radical (unpaired) electrons. The summed E-state index contributed by atoms with van der Waals surface area (Å²) >= 11 is 0. The Bertz CT molecular complexity index is 501. The Hall–Kier alpha value is -2.11. The molecule has 1 heterocycles. The average Bonchev–Trinajstić information content (AvgIpc) is 2.56. The zero-order chi connectivity index (χ0) is 16.5. The lowest BCUT2D eigenvalue weighted by Gasteiger charge is -2.22. The molecule has 1 aromatic rings. The topological polar surface area (TPSA) is 83.1 Å². The number of nitrogens with zero attached hydrogens (tertiary/aromatic N) is 1. The molecule has 1 saturated carbocycles. The fourth-order valence-electron chi connectivity index (χ4n) is 2.79. The molecule has 1 aromatic heterocycles. The predicted octanol–water partition coefficient (Wildman–Crippen LogP) is 2.28. The van der Waals surface area contributed by atoms with Gasteiger partial charge in [0, 0.05) is 25.2 Å². The molecule has 1 aliphatic carbocycles. The zero-order valence-electron chi connectivity index (χ0n) is 13.7. The summed E-state index contributed by atoms with van der Waals surface area (Å²) in [6.45, 7) is 2.22. The zero-order valence-corrected chi connectivity index (χ0v) is 13.7. The molecular weight excluding hydrogens is 292 g/mol. The first-order chi connectivity index (χ1) is 11.1. The quantitative estimate of drug-likeness (QED) is 0.752.